The highest BCUT2D eigenvalue weighted by molar-refractivity contribution is 6.06. The number of hydrogen-bond acceptors (Lipinski definition) is 4. The molecule has 21 heavy (non-hydrogen) atoms. The van der Waals surface area contributed by atoms with Gasteiger partial charge in [0.25, 0.3) is 0 Å². The number of hydrogen-bond donors (Lipinski definition) is 1. The smallest absolute Gasteiger partial charge is 0.247 e. The van der Waals surface area contributed by atoms with E-state index in [2.05, 4.69) is 5.32 Å². The van der Waals surface area contributed by atoms with Crippen molar-refractivity contribution < 1.29 is 14.3 Å². The largest absolute Gasteiger partial charge is 0.494 e. The van der Waals surface area contributed by atoms with Crippen LogP contribution in [0, 0.1) is 0 Å². The summed E-state index contributed by atoms with van der Waals surface area (Å²) in [5, 5.41) is 3.19. The summed E-state index contributed by atoms with van der Waals surface area (Å²) in [5.74, 6) is 0.719. The zero-order valence-electron chi connectivity index (χ0n) is 12.2. The van der Waals surface area contributed by atoms with Gasteiger partial charge in [-0.2, -0.15) is 0 Å². The van der Waals surface area contributed by atoms with Crippen LogP contribution in [0.4, 0.5) is 0 Å². The Labute approximate surface area is 124 Å². The molecule has 5 nitrogen and oxygen atoms in total. The Kier molecular flexibility index (Phi) is 3.92. The minimum atomic E-state index is -0.381. The zero-order chi connectivity index (χ0) is 14.8. The van der Waals surface area contributed by atoms with Crippen LogP contribution >= 0.6 is 0 Å². The minimum Gasteiger partial charge on any atom is -0.494 e. The number of carbonyl (C=O) groups is 2. The first-order valence-electron chi connectivity index (χ1n) is 7.50. The Balaban J connectivity index is 1.59. The summed E-state index contributed by atoms with van der Waals surface area (Å²) >= 11 is 0. The van der Waals surface area contributed by atoms with Crippen LogP contribution in [0.2, 0.25) is 0 Å². The highest BCUT2D eigenvalue weighted by Crippen LogP contribution is 2.31. The number of rotatable bonds is 6. The molecule has 2 amide bonds. The molecular formula is C16H20N2O3. The molecular weight excluding hydrogens is 268 g/mol. The van der Waals surface area contributed by atoms with Crippen molar-refractivity contribution in [1.29, 1.82) is 0 Å². The molecule has 1 N–H and O–H groups in total. The van der Waals surface area contributed by atoms with Gasteiger partial charge in [-0.3, -0.25) is 14.5 Å². The van der Waals surface area contributed by atoms with Crippen molar-refractivity contribution >= 4 is 11.8 Å². The topological polar surface area (TPSA) is 58.6 Å². The number of nitrogens with one attached hydrogen (secondary N) is 1. The monoisotopic (exact) mass is 288 g/mol. The van der Waals surface area contributed by atoms with E-state index in [-0.39, 0.29) is 30.3 Å². The lowest BCUT2D eigenvalue weighted by Crippen LogP contribution is -2.39. The molecule has 112 valence electrons. The Morgan fingerprint density at radius 1 is 1.33 bits per heavy atom. The van der Waals surface area contributed by atoms with Crippen LogP contribution in [-0.4, -0.2) is 35.4 Å². The molecule has 1 atom stereocenters. The maximum absolute atomic E-state index is 12.2. The molecule has 2 aliphatic rings. The Hall–Kier alpha value is -1.88. The number of benzene rings is 1. The van der Waals surface area contributed by atoms with Crippen molar-refractivity contribution in [3.63, 3.8) is 0 Å². The van der Waals surface area contributed by atoms with Gasteiger partial charge < -0.3 is 10.1 Å². The lowest BCUT2D eigenvalue weighted by Gasteiger charge is -2.14. The second kappa shape index (κ2) is 5.85. The molecule has 1 aliphatic carbocycles. The molecule has 1 heterocycles. The SMILES string of the molecule is CCOc1cccc(CNC2CC(=O)N(C3CC3)C2=O)c1. The van der Waals surface area contributed by atoms with Crippen molar-refractivity contribution in [1.82, 2.24) is 10.2 Å². The van der Waals surface area contributed by atoms with Crippen LogP contribution in [0.15, 0.2) is 24.3 Å². The van der Waals surface area contributed by atoms with E-state index in [0.29, 0.717) is 13.2 Å². The number of likely N-dealkylation sites (tertiary alicyclic amines) is 1. The van der Waals surface area contributed by atoms with E-state index in [4.69, 9.17) is 4.74 Å². The van der Waals surface area contributed by atoms with Gasteiger partial charge in [0.1, 0.15) is 5.75 Å². The third kappa shape index (κ3) is 3.08. The van der Waals surface area contributed by atoms with Crippen molar-refractivity contribution in [2.75, 3.05) is 6.61 Å². The lowest BCUT2D eigenvalue weighted by atomic mass is 10.2. The fourth-order valence-corrected chi connectivity index (χ4v) is 2.68. The minimum absolute atomic E-state index is 0.0388. The van der Waals surface area contributed by atoms with E-state index in [0.717, 1.165) is 24.2 Å². The van der Waals surface area contributed by atoms with E-state index in [1.165, 1.54) is 4.90 Å². The first-order chi connectivity index (χ1) is 10.2. The molecule has 0 aromatic heterocycles. The molecule has 1 aliphatic heterocycles. The van der Waals surface area contributed by atoms with Crippen LogP contribution in [0.3, 0.4) is 0 Å². The second-order valence-electron chi connectivity index (χ2n) is 5.55. The van der Waals surface area contributed by atoms with Gasteiger partial charge in [-0.05, 0) is 37.5 Å². The third-order valence-corrected chi connectivity index (χ3v) is 3.86. The van der Waals surface area contributed by atoms with Gasteiger partial charge in [-0.1, -0.05) is 12.1 Å². The van der Waals surface area contributed by atoms with Crippen molar-refractivity contribution in [2.24, 2.45) is 0 Å². The number of nitrogens with zero attached hydrogens (tertiary/aromatic N) is 1. The van der Waals surface area contributed by atoms with Crippen molar-refractivity contribution in [3.05, 3.63) is 29.8 Å². The van der Waals surface area contributed by atoms with E-state index in [1.807, 2.05) is 31.2 Å². The molecule has 2 fully saturated rings. The average Bonchev–Trinajstić information content (AvgIpc) is 3.25. The lowest BCUT2D eigenvalue weighted by molar-refractivity contribution is -0.139. The zero-order valence-corrected chi connectivity index (χ0v) is 12.2. The van der Waals surface area contributed by atoms with Crippen molar-refractivity contribution in [3.8, 4) is 5.75 Å². The van der Waals surface area contributed by atoms with Gasteiger partial charge in [0, 0.05) is 12.6 Å². The van der Waals surface area contributed by atoms with Crippen LogP contribution in [-0.2, 0) is 16.1 Å². The summed E-state index contributed by atoms with van der Waals surface area (Å²) < 4.78 is 5.46. The van der Waals surface area contributed by atoms with Crippen LogP contribution < -0.4 is 10.1 Å². The molecule has 1 saturated heterocycles. The van der Waals surface area contributed by atoms with Gasteiger partial charge in [0.2, 0.25) is 11.8 Å². The second-order valence-corrected chi connectivity index (χ2v) is 5.55. The molecule has 1 aromatic rings. The summed E-state index contributed by atoms with van der Waals surface area (Å²) in [4.78, 5) is 25.5. The summed E-state index contributed by atoms with van der Waals surface area (Å²) in [6, 6.07) is 7.56. The quantitative estimate of drug-likeness (QED) is 0.805. The Morgan fingerprint density at radius 2 is 2.14 bits per heavy atom. The normalized spacial score (nSPS) is 22.0. The van der Waals surface area contributed by atoms with Gasteiger partial charge >= 0.3 is 0 Å². The Morgan fingerprint density at radius 3 is 2.86 bits per heavy atom. The van der Waals surface area contributed by atoms with Crippen LogP contribution in [0.25, 0.3) is 0 Å². The molecule has 5 heteroatoms. The average molecular weight is 288 g/mol. The highest BCUT2D eigenvalue weighted by Gasteiger charge is 2.45. The molecule has 1 aromatic carbocycles. The number of amides is 2. The predicted octanol–water partition coefficient (Wildman–Crippen LogP) is 1.46. The van der Waals surface area contributed by atoms with Gasteiger partial charge in [0.15, 0.2) is 0 Å². The first kappa shape index (κ1) is 14.1. The molecule has 3 rings (SSSR count). The number of carbonyl (C=O) groups excluding carboxylic acids is 2. The highest BCUT2D eigenvalue weighted by atomic mass is 16.5. The molecule has 1 unspecified atom stereocenters. The van der Waals surface area contributed by atoms with E-state index in [1.54, 1.807) is 0 Å². The molecule has 0 spiro atoms. The summed E-state index contributed by atoms with van der Waals surface area (Å²) in [6.45, 7) is 3.13. The maximum Gasteiger partial charge on any atom is 0.247 e. The summed E-state index contributed by atoms with van der Waals surface area (Å²) in [7, 11) is 0. The van der Waals surface area contributed by atoms with Crippen LogP contribution in [0.5, 0.6) is 5.75 Å². The number of imide groups is 1. The Bertz CT molecular complexity index is 554. The van der Waals surface area contributed by atoms with E-state index < -0.39 is 0 Å². The maximum atomic E-state index is 12.2. The third-order valence-electron chi connectivity index (χ3n) is 3.86. The molecule has 1 saturated carbocycles. The summed E-state index contributed by atoms with van der Waals surface area (Å²) in [6.07, 6.45) is 2.20. The predicted molar refractivity (Wildman–Crippen MR) is 77.7 cm³/mol. The van der Waals surface area contributed by atoms with E-state index >= 15 is 0 Å². The van der Waals surface area contributed by atoms with Crippen molar-refractivity contribution in [2.45, 2.75) is 44.8 Å². The van der Waals surface area contributed by atoms with Gasteiger partial charge in [0.05, 0.1) is 19.1 Å². The first-order valence-corrected chi connectivity index (χ1v) is 7.50. The molecule has 0 radical (unpaired) electrons. The molecule has 0 bridgehead atoms. The standard InChI is InChI=1S/C16H20N2O3/c1-2-21-13-5-3-4-11(8-13)10-17-14-9-15(19)18(16(14)20)12-6-7-12/h3-5,8,12,14,17H,2,6-7,9-10H2,1H3. The van der Waals surface area contributed by atoms with E-state index in [9.17, 15) is 9.59 Å². The fourth-order valence-electron chi connectivity index (χ4n) is 2.68. The number of ether oxygens (including phenoxy) is 1. The van der Waals surface area contributed by atoms with Gasteiger partial charge in [-0.25, -0.2) is 0 Å². The summed E-state index contributed by atoms with van der Waals surface area (Å²) in [5.41, 5.74) is 1.05. The fraction of sp³-hybridized carbons (Fsp3) is 0.500. The van der Waals surface area contributed by atoms with Gasteiger partial charge in [-0.15, -0.1) is 0 Å². The van der Waals surface area contributed by atoms with Crippen LogP contribution in [0.1, 0.15) is 31.7 Å².